The zero-order valence-corrected chi connectivity index (χ0v) is 12.6. The Balaban J connectivity index is 2.14. The summed E-state index contributed by atoms with van der Waals surface area (Å²) >= 11 is 0. The largest absolute Gasteiger partial charge is 0.481 e. The summed E-state index contributed by atoms with van der Waals surface area (Å²) in [5.74, 6) is -3.71. The Morgan fingerprint density at radius 2 is 2.13 bits per heavy atom. The molecule has 0 spiro atoms. The van der Waals surface area contributed by atoms with Crippen LogP contribution in [0.3, 0.4) is 0 Å². The molecule has 1 aromatic carbocycles. The monoisotopic (exact) mass is 327 g/mol. The number of carboxylic acid groups (broad SMARTS) is 1. The molecule has 0 aromatic heterocycles. The number of halogens is 2. The second-order valence-electron chi connectivity index (χ2n) is 5.53. The predicted octanol–water partition coefficient (Wildman–Crippen LogP) is 2.19. The van der Waals surface area contributed by atoms with E-state index in [0.717, 1.165) is 12.5 Å². The lowest BCUT2D eigenvalue weighted by atomic mass is 10.00. The molecule has 1 atom stereocenters. The molecule has 23 heavy (non-hydrogen) atoms. The van der Waals surface area contributed by atoms with E-state index in [1.807, 2.05) is 0 Å². The van der Waals surface area contributed by atoms with Crippen LogP contribution in [0.2, 0.25) is 0 Å². The van der Waals surface area contributed by atoms with Crippen LogP contribution in [0.4, 0.5) is 8.78 Å². The SMILES string of the molecule is O=C(O)CCN(Cc1cccc(F)c1F)C(=O)[C@H]1CCCOC1. The highest BCUT2D eigenvalue weighted by atomic mass is 19.2. The van der Waals surface area contributed by atoms with Crippen molar-refractivity contribution in [1.29, 1.82) is 0 Å². The van der Waals surface area contributed by atoms with Crippen LogP contribution in [0.5, 0.6) is 0 Å². The molecule has 1 amide bonds. The lowest BCUT2D eigenvalue weighted by Gasteiger charge is -2.29. The fraction of sp³-hybridized carbons (Fsp3) is 0.500. The van der Waals surface area contributed by atoms with Crippen LogP contribution in [0.25, 0.3) is 0 Å². The van der Waals surface area contributed by atoms with Crippen molar-refractivity contribution < 1.29 is 28.2 Å². The Morgan fingerprint density at radius 1 is 1.35 bits per heavy atom. The average Bonchev–Trinajstić information content (AvgIpc) is 2.55. The van der Waals surface area contributed by atoms with Gasteiger partial charge in [0.05, 0.1) is 18.9 Å². The van der Waals surface area contributed by atoms with Crippen molar-refractivity contribution in [1.82, 2.24) is 4.90 Å². The minimum absolute atomic E-state index is 0.0282. The van der Waals surface area contributed by atoms with Crippen LogP contribution < -0.4 is 0 Å². The summed E-state index contributed by atoms with van der Waals surface area (Å²) < 4.78 is 32.4. The number of hydrogen-bond donors (Lipinski definition) is 1. The molecule has 1 fully saturated rings. The quantitative estimate of drug-likeness (QED) is 0.870. The molecule has 1 aromatic rings. The first kappa shape index (κ1) is 17.3. The number of carboxylic acids is 1. The number of hydrogen-bond acceptors (Lipinski definition) is 3. The second-order valence-corrected chi connectivity index (χ2v) is 5.53. The van der Waals surface area contributed by atoms with Crippen LogP contribution in [0.1, 0.15) is 24.8 Å². The summed E-state index contributed by atoms with van der Waals surface area (Å²) in [6, 6.07) is 3.74. The molecule has 126 valence electrons. The molecule has 2 rings (SSSR count). The van der Waals surface area contributed by atoms with Crippen molar-refractivity contribution in [2.24, 2.45) is 5.92 Å². The number of carbonyl (C=O) groups is 2. The van der Waals surface area contributed by atoms with Gasteiger partial charge in [-0.2, -0.15) is 0 Å². The van der Waals surface area contributed by atoms with Crippen LogP contribution in [-0.2, 0) is 20.9 Å². The number of amides is 1. The van der Waals surface area contributed by atoms with Gasteiger partial charge in [0, 0.05) is 25.3 Å². The van der Waals surface area contributed by atoms with Crippen LogP contribution in [-0.4, -0.2) is 41.6 Å². The molecule has 1 N–H and O–H groups in total. The number of aliphatic carboxylic acids is 1. The smallest absolute Gasteiger partial charge is 0.305 e. The average molecular weight is 327 g/mol. The molecule has 5 nitrogen and oxygen atoms in total. The van der Waals surface area contributed by atoms with Gasteiger partial charge in [-0.05, 0) is 18.9 Å². The van der Waals surface area contributed by atoms with Gasteiger partial charge in [-0.3, -0.25) is 9.59 Å². The second kappa shape index (κ2) is 8.01. The van der Waals surface area contributed by atoms with Gasteiger partial charge in [0.1, 0.15) is 0 Å². The Bertz CT molecular complexity index is 573. The standard InChI is InChI=1S/C16H19F2NO4/c17-13-5-1-3-11(15(13)18)9-19(7-6-14(20)21)16(22)12-4-2-8-23-10-12/h1,3,5,12H,2,4,6-10H2,(H,20,21)/t12-/m0/s1. The molecular formula is C16H19F2NO4. The fourth-order valence-corrected chi connectivity index (χ4v) is 2.57. The molecule has 1 heterocycles. The zero-order chi connectivity index (χ0) is 16.8. The minimum atomic E-state index is -1.05. The van der Waals surface area contributed by atoms with Crippen LogP contribution in [0.15, 0.2) is 18.2 Å². The van der Waals surface area contributed by atoms with Crippen LogP contribution in [0, 0.1) is 17.6 Å². The van der Waals surface area contributed by atoms with Gasteiger partial charge < -0.3 is 14.7 Å². The van der Waals surface area contributed by atoms with E-state index in [1.54, 1.807) is 0 Å². The third-order valence-electron chi connectivity index (χ3n) is 3.81. The van der Waals surface area contributed by atoms with Crippen LogP contribution >= 0.6 is 0 Å². The topological polar surface area (TPSA) is 66.8 Å². The molecule has 1 aliphatic heterocycles. The first-order valence-electron chi connectivity index (χ1n) is 7.50. The normalized spacial score (nSPS) is 17.7. The molecule has 0 radical (unpaired) electrons. The van der Waals surface area contributed by atoms with Gasteiger partial charge in [-0.15, -0.1) is 0 Å². The van der Waals surface area contributed by atoms with Crippen molar-refractivity contribution >= 4 is 11.9 Å². The van der Waals surface area contributed by atoms with Gasteiger partial charge in [-0.1, -0.05) is 12.1 Å². The van der Waals surface area contributed by atoms with Crippen molar-refractivity contribution in [3.8, 4) is 0 Å². The van der Waals surface area contributed by atoms with E-state index < -0.39 is 17.6 Å². The Morgan fingerprint density at radius 3 is 2.78 bits per heavy atom. The molecule has 1 aliphatic rings. The summed E-state index contributed by atoms with van der Waals surface area (Å²) in [6.07, 6.45) is 1.14. The molecule has 0 unspecified atom stereocenters. The highest BCUT2D eigenvalue weighted by Gasteiger charge is 2.27. The maximum absolute atomic E-state index is 13.8. The van der Waals surface area contributed by atoms with Crippen molar-refractivity contribution in [3.05, 3.63) is 35.4 Å². The summed E-state index contributed by atoms with van der Waals surface area (Å²) in [5.41, 5.74) is 0.0282. The highest BCUT2D eigenvalue weighted by Crippen LogP contribution is 2.20. The first-order chi connectivity index (χ1) is 11.0. The van der Waals surface area contributed by atoms with E-state index in [9.17, 15) is 18.4 Å². The lowest BCUT2D eigenvalue weighted by molar-refractivity contribution is -0.142. The van der Waals surface area contributed by atoms with Gasteiger partial charge in [0.15, 0.2) is 11.6 Å². The Kier molecular flexibility index (Phi) is 6.04. The summed E-state index contributed by atoms with van der Waals surface area (Å²) in [7, 11) is 0. The summed E-state index contributed by atoms with van der Waals surface area (Å²) in [5, 5.41) is 8.82. The number of benzene rings is 1. The van der Waals surface area contributed by atoms with E-state index in [-0.39, 0.29) is 43.5 Å². The van der Waals surface area contributed by atoms with E-state index >= 15 is 0 Å². The molecule has 0 saturated carbocycles. The number of nitrogens with zero attached hydrogens (tertiary/aromatic N) is 1. The summed E-state index contributed by atoms with van der Waals surface area (Å²) in [6.45, 7) is 0.651. The summed E-state index contributed by atoms with van der Waals surface area (Å²) in [4.78, 5) is 24.6. The number of carbonyl (C=O) groups excluding carboxylic acids is 1. The molecular weight excluding hydrogens is 308 g/mol. The molecule has 7 heteroatoms. The van der Waals surface area contributed by atoms with Gasteiger partial charge in [0.25, 0.3) is 0 Å². The van der Waals surface area contributed by atoms with E-state index in [1.165, 1.54) is 17.0 Å². The number of ether oxygens (including phenoxy) is 1. The first-order valence-corrected chi connectivity index (χ1v) is 7.50. The molecule has 1 saturated heterocycles. The van der Waals surface area contributed by atoms with Crippen molar-refractivity contribution in [2.45, 2.75) is 25.8 Å². The Labute approximate surface area is 132 Å². The van der Waals surface area contributed by atoms with E-state index in [0.29, 0.717) is 13.0 Å². The van der Waals surface area contributed by atoms with Crippen molar-refractivity contribution in [3.63, 3.8) is 0 Å². The van der Waals surface area contributed by atoms with Gasteiger partial charge in [0.2, 0.25) is 5.91 Å². The van der Waals surface area contributed by atoms with E-state index in [2.05, 4.69) is 0 Å². The minimum Gasteiger partial charge on any atom is -0.481 e. The maximum atomic E-state index is 13.8. The maximum Gasteiger partial charge on any atom is 0.305 e. The number of rotatable bonds is 6. The molecule has 0 bridgehead atoms. The zero-order valence-electron chi connectivity index (χ0n) is 12.6. The third-order valence-corrected chi connectivity index (χ3v) is 3.81. The van der Waals surface area contributed by atoms with Crippen molar-refractivity contribution in [2.75, 3.05) is 19.8 Å². The lowest BCUT2D eigenvalue weighted by Crippen LogP contribution is -2.40. The highest BCUT2D eigenvalue weighted by molar-refractivity contribution is 5.79. The van der Waals surface area contributed by atoms with Gasteiger partial charge in [-0.25, -0.2) is 8.78 Å². The molecule has 0 aliphatic carbocycles. The Hall–Kier alpha value is -2.02. The van der Waals surface area contributed by atoms with E-state index in [4.69, 9.17) is 9.84 Å². The predicted molar refractivity (Wildman–Crippen MR) is 77.6 cm³/mol. The fourth-order valence-electron chi connectivity index (χ4n) is 2.57. The third kappa shape index (κ3) is 4.72. The van der Waals surface area contributed by atoms with Gasteiger partial charge >= 0.3 is 5.97 Å².